The summed E-state index contributed by atoms with van der Waals surface area (Å²) in [7, 11) is 0. The van der Waals surface area contributed by atoms with E-state index < -0.39 is 0 Å². The number of aromatic nitrogens is 5. The zero-order valence-electron chi connectivity index (χ0n) is 31.4. The second kappa shape index (κ2) is 14.0. The average molecular weight is 742 g/mol. The Kier molecular flexibility index (Phi) is 8.07. The molecule has 0 aliphatic carbocycles. The van der Waals surface area contributed by atoms with Gasteiger partial charge in [0.1, 0.15) is 0 Å². The van der Waals surface area contributed by atoms with Crippen LogP contribution in [-0.4, -0.2) is 24.1 Å². The third-order valence-electron chi connectivity index (χ3n) is 11.0. The topological polar surface area (TPSA) is 48.5 Å². The molecule has 0 fully saturated rings. The summed E-state index contributed by atoms with van der Waals surface area (Å²) in [6.45, 7) is 0. The van der Waals surface area contributed by atoms with Crippen LogP contribution in [0.3, 0.4) is 0 Å². The van der Waals surface area contributed by atoms with Crippen LogP contribution in [0, 0.1) is 0 Å². The predicted octanol–water partition coefficient (Wildman–Crippen LogP) is 13.2. The Bertz CT molecular complexity index is 3200. The molecule has 0 saturated heterocycles. The van der Waals surface area contributed by atoms with Crippen LogP contribution in [0.4, 0.5) is 0 Å². The molecule has 272 valence electrons. The molecule has 0 saturated carbocycles. The molecular weight excluding hydrogens is 707 g/mol. The van der Waals surface area contributed by atoms with E-state index in [0.29, 0.717) is 17.5 Å². The van der Waals surface area contributed by atoms with Crippen LogP contribution in [-0.2, 0) is 0 Å². The lowest BCUT2D eigenvalue weighted by Gasteiger charge is -2.14. The number of benzene rings is 8. The molecule has 0 aliphatic heterocycles. The molecule has 0 amide bonds. The van der Waals surface area contributed by atoms with Crippen molar-refractivity contribution in [3.05, 3.63) is 212 Å². The maximum atomic E-state index is 5.01. The van der Waals surface area contributed by atoms with Crippen LogP contribution in [0.15, 0.2) is 212 Å². The van der Waals surface area contributed by atoms with Crippen LogP contribution in [0.1, 0.15) is 0 Å². The molecule has 11 aromatic rings. The van der Waals surface area contributed by atoms with Crippen LogP contribution in [0.5, 0.6) is 0 Å². The number of hydrogen-bond acceptors (Lipinski definition) is 3. The molecule has 0 N–H and O–H groups in total. The average Bonchev–Trinajstić information content (AvgIpc) is 3.90. The van der Waals surface area contributed by atoms with Crippen molar-refractivity contribution in [3.63, 3.8) is 0 Å². The Morgan fingerprint density at radius 1 is 0.310 bits per heavy atom. The zero-order valence-corrected chi connectivity index (χ0v) is 31.4. The van der Waals surface area contributed by atoms with Crippen molar-refractivity contribution in [1.82, 2.24) is 24.1 Å². The van der Waals surface area contributed by atoms with Crippen molar-refractivity contribution in [2.45, 2.75) is 0 Å². The van der Waals surface area contributed by atoms with Gasteiger partial charge in [-0.25, -0.2) is 15.0 Å². The van der Waals surface area contributed by atoms with Crippen molar-refractivity contribution in [1.29, 1.82) is 0 Å². The van der Waals surface area contributed by atoms with Crippen molar-refractivity contribution in [2.24, 2.45) is 0 Å². The van der Waals surface area contributed by atoms with Crippen molar-refractivity contribution < 1.29 is 0 Å². The van der Waals surface area contributed by atoms with Gasteiger partial charge >= 0.3 is 0 Å². The van der Waals surface area contributed by atoms with E-state index in [1.165, 1.54) is 38.3 Å². The van der Waals surface area contributed by atoms with E-state index in [0.717, 1.165) is 44.7 Å². The number of hydrogen-bond donors (Lipinski definition) is 0. The highest BCUT2D eigenvalue weighted by molar-refractivity contribution is 6.22. The summed E-state index contributed by atoms with van der Waals surface area (Å²) < 4.78 is 4.77. The highest BCUT2D eigenvalue weighted by Crippen LogP contribution is 2.43. The quantitative estimate of drug-likeness (QED) is 0.163. The molecule has 5 nitrogen and oxygen atoms in total. The predicted molar refractivity (Wildman–Crippen MR) is 238 cm³/mol. The first-order chi connectivity index (χ1) is 28.8. The van der Waals surface area contributed by atoms with Gasteiger partial charge in [-0.1, -0.05) is 158 Å². The molecular formula is C53H35N5. The number of fused-ring (bicyclic) bond motifs is 5. The fraction of sp³-hybridized carbons (Fsp3) is 0. The van der Waals surface area contributed by atoms with Gasteiger partial charge < -0.3 is 9.13 Å². The summed E-state index contributed by atoms with van der Waals surface area (Å²) in [4.78, 5) is 14.9. The second-order valence-corrected chi connectivity index (χ2v) is 14.5. The zero-order chi connectivity index (χ0) is 38.4. The highest BCUT2D eigenvalue weighted by atomic mass is 15.0. The summed E-state index contributed by atoms with van der Waals surface area (Å²) in [5, 5.41) is 3.63. The maximum Gasteiger partial charge on any atom is 0.164 e. The van der Waals surface area contributed by atoms with Gasteiger partial charge in [-0.05, 0) is 65.2 Å². The first-order valence-corrected chi connectivity index (χ1v) is 19.5. The monoisotopic (exact) mass is 741 g/mol. The number of para-hydroxylation sites is 2. The van der Waals surface area contributed by atoms with Crippen LogP contribution < -0.4 is 0 Å². The minimum atomic E-state index is 0.632. The minimum absolute atomic E-state index is 0.632. The van der Waals surface area contributed by atoms with E-state index in [9.17, 15) is 0 Å². The van der Waals surface area contributed by atoms with E-state index in [-0.39, 0.29) is 0 Å². The molecule has 0 radical (unpaired) electrons. The largest absolute Gasteiger partial charge is 0.316 e. The Labute approximate surface area is 335 Å². The molecule has 3 aromatic heterocycles. The van der Waals surface area contributed by atoms with Crippen molar-refractivity contribution >= 4 is 32.7 Å². The fourth-order valence-corrected chi connectivity index (χ4v) is 8.30. The molecule has 0 spiro atoms. The van der Waals surface area contributed by atoms with Gasteiger partial charge in [0.25, 0.3) is 0 Å². The first-order valence-electron chi connectivity index (χ1n) is 19.5. The van der Waals surface area contributed by atoms with Gasteiger partial charge in [0.2, 0.25) is 0 Å². The van der Waals surface area contributed by atoms with E-state index in [1.807, 2.05) is 60.7 Å². The lowest BCUT2D eigenvalue weighted by Crippen LogP contribution is -2.00. The Hall–Kier alpha value is -7.89. The first kappa shape index (κ1) is 33.4. The summed E-state index contributed by atoms with van der Waals surface area (Å²) in [6.07, 6.45) is 2.21. The molecule has 0 aliphatic rings. The van der Waals surface area contributed by atoms with E-state index in [1.54, 1.807) is 0 Å². The molecule has 58 heavy (non-hydrogen) atoms. The SMILES string of the molecule is c1ccc(-c2nc(-c3ccccc3)nc(-c3cccc(-c4cccc(-n5c6ccccc6c6cc(-c7ccccc7)c7c(ccn7-c7ccccc7)c65)c4)c3)n2)cc1. The number of rotatable bonds is 7. The lowest BCUT2D eigenvalue weighted by molar-refractivity contribution is 1.07. The maximum absolute atomic E-state index is 5.01. The Morgan fingerprint density at radius 3 is 1.48 bits per heavy atom. The van der Waals surface area contributed by atoms with E-state index >= 15 is 0 Å². The van der Waals surface area contributed by atoms with Gasteiger partial charge in [-0.3, -0.25) is 0 Å². The number of nitrogens with zero attached hydrogens (tertiary/aromatic N) is 5. The van der Waals surface area contributed by atoms with Crippen molar-refractivity contribution in [2.75, 3.05) is 0 Å². The third-order valence-corrected chi connectivity index (χ3v) is 11.0. The van der Waals surface area contributed by atoms with E-state index in [4.69, 9.17) is 15.0 Å². The normalized spacial score (nSPS) is 11.4. The minimum Gasteiger partial charge on any atom is -0.316 e. The summed E-state index contributed by atoms with van der Waals surface area (Å²) in [5.74, 6) is 1.92. The molecule has 0 bridgehead atoms. The molecule has 0 unspecified atom stereocenters. The van der Waals surface area contributed by atoms with Gasteiger partial charge in [-0.2, -0.15) is 0 Å². The summed E-state index contributed by atoms with van der Waals surface area (Å²) >= 11 is 0. The highest BCUT2D eigenvalue weighted by Gasteiger charge is 2.21. The summed E-state index contributed by atoms with van der Waals surface area (Å²) in [5.41, 5.74) is 13.1. The molecule has 3 heterocycles. The fourth-order valence-electron chi connectivity index (χ4n) is 8.30. The summed E-state index contributed by atoms with van der Waals surface area (Å²) in [6, 6.07) is 72.4. The molecule has 8 aromatic carbocycles. The van der Waals surface area contributed by atoms with Gasteiger partial charge in [0.05, 0.1) is 16.6 Å². The van der Waals surface area contributed by atoms with Crippen LogP contribution in [0.25, 0.3) is 101 Å². The van der Waals surface area contributed by atoms with E-state index in [2.05, 4.69) is 161 Å². The second-order valence-electron chi connectivity index (χ2n) is 14.5. The molecule has 5 heteroatoms. The smallest absolute Gasteiger partial charge is 0.164 e. The van der Waals surface area contributed by atoms with Gasteiger partial charge in [0.15, 0.2) is 17.5 Å². The molecule has 0 atom stereocenters. The molecule has 11 rings (SSSR count). The Balaban J connectivity index is 1.09. The Morgan fingerprint density at radius 2 is 0.810 bits per heavy atom. The van der Waals surface area contributed by atoms with Gasteiger partial charge in [0, 0.05) is 56.0 Å². The van der Waals surface area contributed by atoms with Crippen molar-refractivity contribution in [3.8, 4) is 67.8 Å². The van der Waals surface area contributed by atoms with Crippen LogP contribution in [0.2, 0.25) is 0 Å². The standard InChI is InChI=1S/C53H35N5/c1-5-17-36(18-6-1)46-35-47-44-29-13-14-30-48(44)58(50(47)45-31-32-57(49(45)46)42-26-11-4-12-27-42)43-28-16-24-40(34-43)39-23-15-25-41(33-39)53-55-51(37-19-7-2-8-20-37)54-52(56-53)38-21-9-3-10-22-38/h1-35H. The lowest BCUT2D eigenvalue weighted by atomic mass is 9.99. The van der Waals surface area contributed by atoms with Gasteiger partial charge in [-0.15, -0.1) is 0 Å². The van der Waals surface area contributed by atoms with Crippen LogP contribution >= 0.6 is 0 Å². The third kappa shape index (κ3) is 5.76.